The maximum atomic E-state index is 12.0. The number of para-hydroxylation sites is 2. The third kappa shape index (κ3) is 6.64. The molecule has 0 saturated heterocycles. The van der Waals surface area contributed by atoms with Gasteiger partial charge < -0.3 is 9.47 Å². The Morgan fingerprint density at radius 3 is 2.40 bits per heavy atom. The van der Waals surface area contributed by atoms with Gasteiger partial charge in [-0.05, 0) is 38.3 Å². The second kappa shape index (κ2) is 10.6. The molecular weight excluding hydrogens is 320 g/mol. The van der Waals surface area contributed by atoms with Gasteiger partial charge in [0, 0.05) is 12.3 Å². The highest BCUT2D eigenvalue weighted by Crippen LogP contribution is 2.26. The van der Waals surface area contributed by atoms with E-state index in [1.165, 1.54) is 6.42 Å². The molecule has 2 N–H and O–H groups in total. The first-order valence-corrected chi connectivity index (χ1v) is 9.14. The molecule has 6 heteroatoms. The molecule has 0 heterocycles. The van der Waals surface area contributed by atoms with Crippen molar-refractivity contribution < 1.29 is 19.1 Å². The Kier molecular flexibility index (Phi) is 8.09. The average molecular weight is 348 g/mol. The van der Waals surface area contributed by atoms with Crippen LogP contribution in [0.5, 0.6) is 11.5 Å². The molecule has 1 aliphatic carbocycles. The normalized spacial score (nSPS) is 14.6. The van der Waals surface area contributed by atoms with Gasteiger partial charge in [-0.2, -0.15) is 0 Å². The Morgan fingerprint density at radius 1 is 1.04 bits per heavy atom. The van der Waals surface area contributed by atoms with Crippen LogP contribution in [0.3, 0.4) is 0 Å². The van der Waals surface area contributed by atoms with Gasteiger partial charge in [-0.1, -0.05) is 31.4 Å². The minimum Gasteiger partial charge on any atom is -0.490 e. The molecule has 0 aromatic heterocycles. The van der Waals surface area contributed by atoms with E-state index in [2.05, 4.69) is 10.9 Å². The van der Waals surface area contributed by atoms with Gasteiger partial charge in [0.05, 0.1) is 13.2 Å². The zero-order valence-electron chi connectivity index (χ0n) is 14.9. The number of hydrogen-bond acceptors (Lipinski definition) is 4. The number of rotatable bonds is 8. The average Bonchev–Trinajstić information content (AvgIpc) is 2.65. The van der Waals surface area contributed by atoms with Gasteiger partial charge in [-0.15, -0.1) is 0 Å². The molecule has 138 valence electrons. The lowest BCUT2D eigenvalue weighted by Crippen LogP contribution is -2.44. The van der Waals surface area contributed by atoms with Crippen LogP contribution in [-0.4, -0.2) is 25.0 Å². The maximum absolute atomic E-state index is 12.0. The smallest absolute Gasteiger partial charge is 0.241 e. The molecule has 6 nitrogen and oxygen atoms in total. The van der Waals surface area contributed by atoms with Crippen LogP contribution in [0.1, 0.15) is 51.9 Å². The van der Waals surface area contributed by atoms with Crippen molar-refractivity contribution in [1.82, 2.24) is 10.9 Å². The number of ether oxygens (including phenoxy) is 2. The number of carbonyl (C=O) groups is 2. The number of benzene rings is 1. The van der Waals surface area contributed by atoms with E-state index in [-0.39, 0.29) is 17.7 Å². The van der Waals surface area contributed by atoms with E-state index < -0.39 is 0 Å². The van der Waals surface area contributed by atoms with Gasteiger partial charge in [-0.3, -0.25) is 20.4 Å². The monoisotopic (exact) mass is 348 g/mol. The summed E-state index contributed by atoms with van der Waals surface area (Å²) >= 11 is 0. The third-order valence-corrected chi connectivity index (χ3v) is 4.26. The number of hydrogen-bond donors (Lipinski definition) is 2. The van der Waals surface area contributed by atoms with Crippen LogP contribution in [0.2, 0.25) is 0 Å². The fourth-order valence-electron chi connectivity index (χ4n) is 2.92. The van der Waals surface area contributed by atoms with Crippen molar-refractivity contribution in [3.8, 4) is 11.5 Å². The molecule has 0 bridgehead atoms. The minimum atomic E-state index is -0.203. The van der Waals surface area contributed by atoms with Crippen molar-refractivity contribution in [2.45, 2.75) is 51.9 Å². The van der Waals surface area contributed by atoms with Crippen molar-refractivity contribution in [2.75, 3.05) is 13.2 Å². The molecule has 25 heavy (non-hydrogen) atoms. The highest BCUT2D eigenvalue weighted by molar-refractivity contribution is 5.83. The molecular formula is C19H28N2O4. The summed E-state index contributed by atoms with van der Waals surface area (Å²) in [6.45, 7) is 2.90. The lowest BCUT2D eigenvalue weighted by Gasteiger charge is -2.20. The lowest BCUT2D eigenvalue weighted by atomic mass is 9.89. The summed E-state index contributed by atoms with van der Waals surface area (Å²) < 4.78 is 11.2. The van der Waals surface area contributed by atoms with Gasteiger partial charge in [0.2, 0.25) is 11.8 Å². The molecule has 1 aromatic carbocycles. The van der Waals surface area contributed by atoms with Crippen LogP contribution in [0.15, 0.2) is 24.3 Å². The largest absolute Gasteiger partial charge is 0.490 e. The van der Waals surface area contributed by atoms with Gasteiger partial charge in [-0.25, -0.2) is 0 Å². The quantitative estimate of drug-likeness (QED) is 0.559. The molecule has 0 radical (unpaired) electrons. The Morgan fingerprint density at radius 2 is 1.72 bits per heavy atom. The molecule has 0 aliphatic heterocycles. The highest BCUT2D eigenvalue weighted by atomic mass is 16.5. The van der Waals surface area contributed by atoms with E-state index in [0.717, 1.165) is 25.7 Å². The topological polar surface area (TPSA) is 76.7 Å². The summed E-state index contributed by atoms with van der Waals surface area (Å²) in [5, 5.41) is 0. The molecule has 2 rings (SSSR count). The van der Waals surface area contributed by atoms with Crippen LogP contribution in [0.25, 0.3) is 0 Å². The number of nitrogens with one attached hydrogen (secondary N) is 2. The van der Waals surface area contributed by atoms with Crippen molar-refractivity contribution in [3.05, 3.63) is 24.3 Å². The zero-order chi connectivity index (χ0) is 17.9. The predicted molar refractivity (Wildman–Crippen MR) is 95.2 cm³/mol. The standard InChI is InChI=1S/C19H28N2O4/c1-2-24-16-11-6-7-12-17(16)25-14-8-13-18(22)20-21-19(23)15-9-4-3-5-10-15/h6-7,11-12,15H,2-5,8-10,13-14H2,1H3,(H,20,22)(H,21,23). The number of amides is 2. The molecule has 0 unspecified atom stereocenters. The van der Waals surface area contributed by atoms with Gasteiger partial charge >= 0.3 is 0 Å². The van der Waals surface area contributed by atoms with E-state index >= 15 is 0 Å². The lowest BCUT2D eigenvalue weighted by molar-refractivity contribution is -0.132. The molecule has 1 fully saturated rings. The van der Waals surface area contributed by atoms with E-state index in [0.29, 0.717) is 37.6 Å². The van der Waals surface area contributed by atoms with Crippen LogP contribution in [0, 0.1) is 5.92 Å². The van der Waals surface area contributed by atoms with Crippen molar-refractivity contribution >= 4 is 11.8 Å². The van der Waals surface area contributed by atoms with Crippen LogP contribution < -0.4 is 20.3 Å². The fourth-order valence-corrected chi connectivity index (χ4v) is 2.92. The SMILES string of the molecule is CCOc1ccccc1OCCCC(=O)NNC(=O)C1CCCCC1. The molecule has 2 amide bonds. The van der Waals surface area contributed by atoms with Gasteiger partial charge in [0.15, 0.2) is 11.5 Å². The van der Waals surface area contributed by atoms with Gasteiger partial charge in [0.1, 0.15) is 0 Å². The molecule has 1 aromatic rings. The Labute approximate surface area is 149 Å². The number of hydrazine groups is 1. The first-order chi connectivity index (χ1) is 12.2. The fraction of sp³-hybridized carbons (Fsp3) is 0.579. The summed E-state index contributed by atoms with van der Waals surface area (Å²) in [6, 6.07) is 7.47. The molecule has 1 aliphatic rings. The Bertz CT molecular complexity index is 556. The minimum absolute atomic E-state index is 0.0347. The second-order valence-electron chi connectivity index (χ2n) is 6.20. The summed E-state index contributed by atoms with van der Waals surface area (Å²) in [4.78, 5) is 23.8. The van der Waals surface area contributed by atoms with E-state index in [9.17, 15) is 9.59 Å². The van der Waals surface area contributed by atoms with Crippen LogP contribution in [0.4, 0.5) is 0 Å². The third-order valence-electron chi connectivity index (χ3n) is 4.26. The zero-order valence-corrected chi connectivity index (χ0v) is 14.9. The van der Waals surface area contributed by atoms with Crippen LogP contribution in [-0.2, 0) is 9.59 Å². The first kappa shape index (κ1) is 19.1. The number of carbonyl (C=O) groups excluding carboxylic acids is 2. The Hall–Kier alpha value is -2.24. The van der Waals surface area contributed by atoms with Gasteiger partial charge in [0.25, 0.3) is 0 Å². The molecule has 0 spiro atoms. The van der Waals surface area contributed by atoms with Crippen molar-refractivity contribution in [2.24, 2.45) is 5.92 Å². The first-order valence-electron chi connectivity index (χ1n) is 9.14. The highest BCUT2D eigenvalue weighted by Gasteiger charge is 2.21. The summed E-state index contributed by atoms with van der Waals surface area (Å²) in [5.74, 6) is 1.14. The van der Waals surface area contributed by atoms with Crippen molar-refractivity contribution in [1.29, 1.82) is 0 Å². The maximum Gasteiger partial charge on any atom is 0.241 e. The van der Waals surface area contributed by atoms with E-state index in [1.807, 2.05) is 31.2 Å². The van der Waals surface area contributed by atoms with E-state index in [4.69, 9.17) is 9.47 Å². The van der Waals surface area contributed by atoms with Crippen molar-refractivity contribution in [3.63, 3.8) is 0 Å². The Balaban J connectivity index is 1.61. The second-order valence-corrected chi connectivity index (χ2v) is 6.20. The molecule has 1 saturated carbocycles. The van der Waals surface area contributed by atoms with E-state index in [1.54, 1.807) is 0 Å². The summed E-state index contributed by atoms with van der Waals surface area (Å²) in [6.07, 6.45) is 6.05. The summed E-state index contributed by atoms with van der Waals surface area (Å²) in [7, 11) is 0. The summed E-state index contributed by atoms with van der Waals surface area (Å²) in [5.41, 5.74) is 5.03. The van der Waals surface area contributed by atoms with Crippen LogP contribution >= 0.6 is 0 Å². The predicted octanol–water partition coefficient (Wildman–Crippen LogP) is 2.97. The molecule has 0 atom stereocenters.